The quantitative estimate of drug-likeness (QED) is 0.629. The normalized spacial score (nSPS) is 13.2. The summed E-state index contributed by atoms with van der Waals surface area (Å²) in [6.07, 6.45) is 4.43. The first-order chi connectivity index (χ1) is 11.6. The number of aryl methyl sites for hydroxylation is 4. The fourth-order valence-corrected chi connectivity index (χ4v) is 4.10. The van der Waals surface area contributed by atoms with E-state index in [9.17, 15) is 10.1 Å². The van der Waals surface area contributed by atoms with Crippen molar-refractivity contribution in [3.63, 3.8) is 0 Å². The van der Waals surface area contributed by atoms with Crippen LogP contribution in [-0.4, -0.2) is 11.5 Å². The minimum atomic E-state index is 0.104. The molecule has 0 unspecified atom stereocenters. The topological polar surface area (TPSA) is 55.0 Å². The van der Waals surface area contributed by atoms with Crippen LogP contribution in [0.25, 0.3) is 0 Å². The summed E-state index contributed by atoms with van der Waals surface area (Å²) in [6.45, 7) is 3.99. The van der Waals surface area contributed by atoms with E-state index in [1.54, 1.807) is 0 Å². The summed E-state index contributed by atoms with van der Waals surface area (Å²) in [5.41, 5.74) is 6.06. The molecule has 3 rings (SSSR count). The number of hydrogen-bond acceptors (Lipinski definition) is 3. The molecule has 24 heavy (non-hydrogen) atoms. The number of Topliss-reactive ketones (excluding diaryl/α,β-unsaturated/α-hetero) is 1. The standard InChI is InChI=1S/C20H20N2OS/c1-13-7-8-17(14(2)9-13)19(23)12-24-20-16(11-21)10-15-5-3-4-6-18(15)22-20/h7-10H,3-6,12H2,1-2H3/p+1. The van der Waals surface area contributed by atoms with E-state index < -0.39 is 0 Å². The van der Waals surface area contributed by atoms with E-state index in [0.717, 1.165) is 34.6 Å². The smallest absolute Gasteiger partial charge is 0.257 e. The van der Waals surface area contributed by atoms with E-state index in [-0.39, 0.29) is 5.78 Å². The first kappa shape index (κ1) is 16.7. The monoisotopic (exact) mass is 337 g/mol. The molecule has 0 amide bonds. The summed E-state index contributed by atoms with van der Waals surface area (Å²) in [7, 11) is 0. The molecule has 3 nitrogen and oxygen atoms in total. The molecule has 0 bridgehead atoms. The molecule has 1 N–H and O–H groups in total. The van der Waals surface area contributed by atoms with Crippen LogP contribution in [0.3, 0.4) is 0 Å². The Bertz CT molecular complexity index is 836. The van der Waals surface area contributed by atoms with Gasteiger partial charge < -0.3 is 0 Å². The SMILES string of the molecule is Cc1ccc(C(=O)CSc2[nH+]c3c(cc2C#N)CCCC3)c(C)c1. The summed E-state index contributed by atoms with van der Waals surface area (Å²) in [5, 5.41) is 10.2. The third-order valence-corrected chi connectivity index (χ3v) is 5.51. The second-order valence-electron chi connectivity index (χ2n) is 6.37. The number of carbonyl (C=O) groups excluding carboxylic acids is 1. The molecule has 1 aliphatic rings. The highest BCUT2D eigenvalue weighted by molar-refractivity contribution is 7.99. The van der Waals surface area contributed by atoms with Crippen LogP contribution in [0.5, 0.6) is 0 Å². The summed E-state index contributed by atoms with van der Waals surface area (Å²) in [4.78, 5) is 15.9. The van der Waals surface area contributed by atoms with Gasteiger partial charge in [0.05, 0.1) is 5.75 Å². The van der Waals surface area contributed by atoms with Crippen molar-refractivity contribution in [2.45, 2.75) is 44.6 Å². The molecule has 1 aliphatic carbocycles. The molecule has 0 fully saturated rings. The third-order valence-electron chi connectivity index (χ3n) is 4.49. The molecule has 0 spiro atoms. The van der Waals surface area contributed by atoms with Gasteiger partial charge in [0.25, 0.3) is 5.03 Å². The minimum absolute atomic E-state index is 0.104. The number of nitrogens with one attached hydrogen (secondary N) is 1. The number of carbonyl (C=O) groups is 1. The average Bonchev–Trinajstić information content (AvgIpc) is 2.58. The van der Waals surface area contributed by atoms with Crippen molar-refractivity contribution in [2.75, 3.05) is 5.75 Å². The number of fused-ring (bicyclic) bond motifs is 1. The Kier molecular flexibility index (Phi) is 5.01. The highest BCUT2D eigenvalue weighted by Crippen LogP contribution is 2.25. The molecule has 0 radical (unpaired) electrons. The first-order valence-electron chi connectivity index (χ1n) is 8.30. The third kappa shape index (κ3) is 3.52. The number of pyridine rings is 1. The molecule has 0 aliphatic heterocycles. The lowest BCUT2D eigenvalue weighted by atomic mass is 9.95. The van der Waals surface area contributed by atoms with E-state index in [1.807, 2.05) is 38.1 Å². The largest absolute Gasteiger partial charge is 0.293 e. The summed E-state index contributed by atoms with van der Waals surface area (Å²) in [6, 6.07) is 10.2. The van der Waals surface area contributed by atoms with Gasteiger partial charge in [-0.15, -0.1) is 0 Å². The maximum atomic E-state index is 12.5. The van der Waals surface area contributed by atoms with Gasteiger partial charge in [-0.1, -0.05) is 23.8 Å². The van der Waals surface area contributed by atoms with Crippen molar-refractivity contribution in [2.24, 2.45) is 0 Å². The zero-order chi connectivity index (χ0) is 17.1. The van der Waals surface area contributed by atoms with E-state index in [0.29, 0.717) is 11.3 Å². The van der Waals surface area contributed by atoms with Gasteiger partial charge in [0.15, 0.2) is 11.5 Å². The van der Waals surface area contributed by atoms with Gasteiger partial charge >= 0.3 is 0 Å². The highest BCUT2D eigenvalue weighted by atomic mass is 32.2. The van der Waals surface area contributed by atoms with Crippen LogP contribution in [0.2, 0.25) is 0 Å². The van der Waals surface area contributed by atoms with E-state index in [2.05, 4.69) is 11.1 Å². The summed E-state index contributed by atoms with van der Waals surface area (Å²) >= 11 is 1.43. The van der Waals surface area contributed by atoms with Crippen LogP contribution < -0.4 is 4.98 Å². The Morgan fingerprint density at radius 1 is 1.25 bits per heavy atom. The number of nitrogens with zero attached hydrogens (tertiary/aromatic N) is 1. The lowest BCUT2D eigenvalue weighted by Crippen LogP contribution is -2.22. The number of thioether (sulfide) groups is 1. The maximum Gasteiger partial charge on any atom is 0.257 e. The molecule has 0 saturated heterocycles. The Morgan fingerprint density at radius 3 is 2.79 bits per heavy atom. The number of nitriles is 1. The second kappa shape index (κ2) is 7.19. The van der Waals surface area contributed by atoms with Gasteiger partial charge in [-0.05, 0) is 56.5 Å². The van der Waals surface area contributed by atoms with Crippen LogP contribution in [0.15, 0.2) is 29.3 Å². The van der Waals surface area contributed by atoms with Crippen LogP contribution in [-0.2, 0) is 12.8 Å². The molecular weight excluding hydrogens is 316 g/mol. The Labute approximate surface area is 147 Å². The van der Waals surface area contributed by atoms with Gasteiger partial charge in [0.1, 0.15) is 11.6 Å². The number of ketones is 1. The fraction of sp³-hybridized carbons (Fsp3) is 0.350. The zero-order valence-electron chi connectivity index (χ0n) is 14.1. The van der Waals surface area contributed by atoms with E-state index >= 15 is 0 Å². The summed E-state index contributed by atoms with van der Waals surface area (Å²) in [5.74, 6) is 0.445. The number of rotatable bonds is 4. The molecule has 0 atom stereocenters. The van der Waals surface area contributed by atoms with Crippen LogP contribution in [0.1, 0.15) is 51.1 Å². The van der Waals surface area contributed by atoms with Crippen molar-refractivity contribution in [1.82, 2.24) is 0 Å². The van der Waals surface area contributed by atoms with Crippen LogP contribution >= 0.6 is 11.8 Å². The molecule has 2 aromatic rings. The van der Waals surface area contributed by atoms with Gasteiger partial charge in [0, 0.05) is 17.5 Å². The maximum absolute atomic E-state index is 12.5. The Morgan fingerprint density at radius 2 is 2.04 bits per heavy atom. The Balaban J connectivity index is 1.79. The van der Waals surface area contributed by atoms with Gasteiger partial charge in [-0.25, -0.2) is 4.98 Å². The lowest BCUT2D eigenvalue weighted by Gasteiger charge is -2.11. The Hall–Kier alpha value is -2.12. The number of hydrogen-bond donors (Lipinski definition) is 0. The fourth-order valence-electron chi connectivity index (χ4n) is 3.21. The van der Waals surface area contributed by atoms with E-state index in [1.165, 1.54) is 35.9 Å². The molecular formula is C20H21N2OS+. The second-order valence-corrected chi connectivity index (χ2v) is 7.35. The van der Waals surface area contributed by atoms with Gasteiger partial charge in [0.2, 0.25) is 0 Å². The average molecular weight is 337 g/mol. The lowest BCUT2D eigenvalue weighted by molar-refractivity contribution is -0.439. The minimum Gasteiger partial charge on any atom is -0.293 e. The molecule has 4 heteroatoms. The summed E-state index contributed by atoms with van der Waals surface area (Å²) < 4.78 is 0. The van der Waals surface area contributed by atoms with Crippen molar-refractivity contribution >= 4 is 17.5 Å². The highest BCUT2D eigenvalue weighted by Gasteiger charge is 2.22. The molecule has 1 aromatic heterocycles. The number of aromatic amines is 1. The number of H-pyrrole nitrogens is 1. The van der Waals surface area contributed by atoms with Crippen molar-refractivity contribution in [1.29, 1.82) is 5.26 Å². The first-order valence-corrected chi connectivity index (χ1v) is 9.28. The van der Waals surface area contributed by atoms with Gasteiger partial charge in [-0.3, -0.25) is 4.79 Å². The number of benzene rings is 1. The predicted molar refractivity (Wildman–Crippen MR) is 95.3 cm³/mol. The molecule has 1 heterocycles. The molecule has 0 saturated carbocycles. The zero-order valence-corrected chi connectivity index (χ0v) is 14.9. The van der Waals surface area contributed by atoms with Crippen molar-refractivity contribution < 1.29 is 9.78 Å². The van der Waals surface area contributed by atoms with Gasteiger partial charge in [-0.2, -0.15) is 5.26 Å². The van der Waals surface area contributed by atoms with Crippen LogP contribution in [0, 0.1) is 25.2 Å². The van der Waals surface area contributed by atoms with Crippen molar-refractivity contribution in [3.05, 3.63) is 57.8 Å². The number of aromatic nitrogens is 1. The predicted octanol–water partition coefficient (Wildman–Crippen LogP) is 3.84. The molecule has 1 aromatic carbocycles. The van der Waals surface area contributed by atoms with Crippen LogP contribution in [0.4, 0.5) is 0 Å². The van der Waals surface area contributed by atoms with E-state index in [4.69, 9.17) is 0 Å². The molecule has 122 valence electrons. The van der Waals surface area contributed by atoms with Crippen molar-refractivity contribution in [3.8, 4) is 6.07 Å².